The zero-order valence-corrected chi connectivity index (χ0v) is 10.7. The number of nitrogens with one attached hydrogen (secondary N) is 2. The first-order valence-electron chi connectivity index (χ1n) is 6.43. The molecule has 0 radical (unpaired) electrons. The summed E-state index contributed by atoms with van der Waals surface area (Å²) in [7, 11) is 0. The minimum Gasteiger partial charge on any atom is -0.409 e. The predicted octanol–water partition coefficient (Wildman–Crippen LogP) is 0.375. The molecule has 0 spiro atoms. The van der Waals surface area contributed by atoms with Crippen molar-refractivity contribution in [2.24, 2.45) is 16.3 Å². The third-order valence-electron chi connectivity index (χ3n) is 3.69. The molecule has 1 aromatic heterocycles. The van der Waals surface area contributed by atoms with Crippen LogP contribution in [0.5, 0.6) is 0 Å². The van der Waals surface area contributed by atoms with Crippen molar-refractivity contribution in [3.63, 3.8) is 0 Å². The lowest BCUT2D eigenvalue weighted by Gasteiger charge is -2.25. The van der Waals surface area contributed by atoms with Crippen LogP contribution >= 0.6 is 0 Å². The Balaban J connectivity index is 1.93. The van der Waals surface area contributed by atoms with Gasteiger partial charge in [0.15, 0.2) is 5.84 Å². The lowest BCUT2D eigenvalue weighted by molar-refractivity contribution is -0.127. The Hall–Kier alpha value is -2.05. The highest BCUT2D eigenvalue weighted by molar-refractivity contribution is 6.07. The number of aromatic amines is 1. The summed E-state index contributed by atoms with van der Waals surface area (Å²) in [5.74, 6) is 0.678. The number of hydrogen-bond acceptors (Lipinski definition) is 4. The van der Waals surface area contributed by atoms with Crippen LogP contribution in [-0.4, -0.2) is 33.5 Å². The van der Waals surface area contributed by atoms with Gasteiger partial charge >= 0.3 is 0 Å². The van der Waals surface area contributed by atoms with Crippen molar-refractivity contribution < 1.29 is 10.0 Å². The van der Waals surface area contributed by atoms with Crippen molar-refractivity contribution in [3.8, 4) is 0 Å². The first-order valence-corrected chi connectivity index (χ1v) is 6.43. The number of carbonyl (C=O) groups excluding carboxylic acids is 1. The molecule has 7 heteroatoms. The maximum Gasteiger partial charge on any atom is 0.233 e. The Morgan fingerprint density at radius 2 is 2.32 bits per heavy atom. The molecule has 0 saturated heterocycles. The van der Waals surface area contributed by atoms with E-state index in [-0.39, 0.29) is 11.7 Å². The van der Waals surface area contributed by atoms with Crippen molar-refractivity contribution in [1.29, 1.82) is 0 Å². The maximum absolute atomic E-state index is 12.3. The summed E-state index contributed by atoms with van der Waals surface area (Å²) in [6.45, 7) is 0.479. The summed E-state index contributed by atoms with van der Waals surface area (Å²) in [6.07, 6.45) is 7.15. The van der Waals surface area contributed by atoms with Gasteiger partial charge in [0, 0.05) is 25.4 Å². The molecule has 2 rings (SSSR count). The molecule has 1 heterocycles. The Morgan fingerprint density at radius 3 is 2.89 bits per heavy atom. The molecule has 1 fully saturated rings. The van der Waals surface area contributed by atoms with Crippen molar-refractivity contribution in [2.75, 3.05) is 6.54 Å². The quantitative estimate of drug-likeness (QED) is 0.266. The summed E-state index contributed by atoms with van der Waals surface area (Å²) in [5, 5.41) is 14.7. The fraction of sp³-hybridized carbons (Fsp3) is 0.583. The number of nitrogens with zero attached hydrogens (tertiary/aromatic N) is 2. The van der Waals surface area contributed by atoms with E-state index in [9.17, 15) is 4.79 Å². The molecule has 0 atom stereocenters. The predicted molar refractivity (Wildman–Crippen MR) is 69.6 cm³/mol. The number of carbonyl (C=O) groups is 1. The van der Waals surface area contributed by atoms with Gasteiger partial charge in [-0.05, 0) is 12.8 Å². The minimum absolute atomic E-state index is 0.0144. The van der Waals surface area contributed by atoms with E-state index in [4.69, 9.17) is 10.9 Å². The van der Waals surface area contributed by atoms with Gasteiger partial charge in [-0.15, -0.1) is 0 Å². The number of amidine groups is 1. The van der Waals surface area contributed by atoms with Crippen LogP contribution in [0.4, 0.5) is 0 Å². The largest absolute Gasteiger partial charge is 0.409 e. The SMILES string of the molecule is N/C(=N/O)C1(C(=O)NCCc2ncc[nH]2)CCCC1. The van der Waals surface area contributed by atoms with E-state index in [0.29, 0.717) is 25.8 Å². The summed E-state index contributed by atoms with van der Waals surface area (Å²) in [5.41, 5.74) is 4.87. The molecule has 1 amide bonds. The Kier molecular flexibility index (Phi) is 4.03. The lowest BCUT2D eigenvalue weighted by Crippen LogP contribution is -2.48. The fourth-order valence-corrected chi connectivity index (χ4v) is 2.57. The van der Waals surface area contributed by atoms with Gasteiger partial charge in [0.05, 0.1) is 0 Å². The van der Waals surface area contributed by atoms with Gasteiger partial charge in [-0.2, -0.15) is 0 Å². The topological polar surface area (TPSA) is 116 Å². The molecule has 5 N–H and O–H groups in total. The Bertz CT molecular complexity index is 449. The van der Waals surface area contributed by atoms with Gasteiger partial charge in [0.1, 0.15) is 11.2 Å². The van der Waals surface area contributed by atoms with Crippen LogP contribution in [0.3, 0.4) is 0 Å². The summed E-state index contributed by atoms with van der Waals surface area (Å²) in [6, 6.07) is 0. The van der Waals surface area contributed by atoms with Crippen LogP contribution in [0.25, 0.3) is 0 Å². The first kappa shape index (κ1) is 13.4. The van der Waals surface area contributed by atoms with Crippen molar-refractivity contribution in [2.45, 2.75) is 32.1 Å². The number of aromatic nitrogens is 2. The van der Waals surface area contributed by atoms with E-state index in [0.717, 1.165) is 18.7 Å². The molecule has 1 aliphatic rings. The fourth-order valence-electron chi connectivity index (χ4n) is 2.57. The van der Waals surface area contributed by atoms with E-state index in [1.165, 1.54) is 0 Å². The zero-order valence-electron chi connectivity index (χ0n) is 10.7. The number of nitrogens with two attached hydrogens (primary N) is 1. The monoisotopic (exact) mass is 265 g/mol. The molecular formula is C12H19N5O2. The summed E-state index contributed by atoms with van der Waals surface area (Å²) in [4.78, 5) is 19.3. The first-order chi connectivity index (χ1) is 9.19. The van der Waals surface area contributed by atoms with Gasteiger partial charge in [0.25, 0.3) is 0 Å². The van der Waals surface area contributed by atoms with Crippen LogP contribution in [-0.2, 0) is 11.2 Å². The summed E-state index contributed by atoms with van der Waals surface area (Å²) < 4.78 is 0. The smallest absolute Gasteiger partial charge is 0.233 e. The molecule has 0 unspecified atom stereocenters. The van der Waals surface area contributed by atoms with E-state index < -0.39 is 5.41 Å². The lowest BCUT2D eigenvalue weighted by atomic mass is 9.84. The Morgan fingerprint density at radius 1 is 1.58 bits per heavy atom. The molecule has 0 bridgehead atoms. The van der Waals surface area contributed by atoms with Crippen LogP contribution in [0.1, 0.15) is 31.5 Å². The van der Waals surface area contributed by atoms with E-state index in [2.05, 4.69) is 20.4 Å². The second-order valence-corrected chi connectivity index (χ2v) is 4.82. The molecule has 19 heavy (non-hydrogen) atoms. The van der Waals surface area contributed by atoms with E-state index in [1.54, 1.807) is 12.4 Å². The second-order valence-electron chi connectivity index (χ2n) is 4.82. The highest BCUT2D eigenvalue weighted by atomic mass is 16.4. The molecule has 1 aromatic rings. The average Bonchev–Trinajstić information content (AvgIpc) is 3.09. The molecule has 104 valence electrons. The van der Waals surface area contributed by atoms with Crippen LogP contribution < -0.4 is 11.1 Å². The van der Waals surface area contributed by atoms with E-state index in [1.807, 2.05) is 0 Å². The zero-order chi connectivity index (χ0) is 13.7. The number of hydrogen-bond donors (Lipinski definition) is 4. The highest BCUT2D eigenvalue weighted by Crippen LogP contribution is 2.38. The number of oxime groups is 1. The van der Waals surface area contributed by atoms with Crippen molar-refractivity contribution >= 4 is 11.7 Å². The van der Waals surface area contributed by atoms with Gasteiger partial charge < -0.3 is 21.2 Å². The summed E-state index contributed by atoms with van der Waals surface area (Å²) >= 11 is 0. The second kappa shape index (κ2) is 5.73. The third-order valence-corrected chi connectivity index (χ3v) is 3.69. The standard InChI is InChI=1S/C12H19N5O2/c13-10(17-19)12(4-1-2-5-12)11(18)16-6-3-9-14-7-8-15-9/h7-8,19H,1-6H2,(H2,13,17)(H,14,15)(H,16,18). The molecule has 1 saturated carbocycles. The number of H-pyrrole nitrogens is 1. The van der Waals surface area contributed by atoms with Gasteiger partial charge in [-0.1, -0.05) is 18.0 Å². The van der Waals surface area contributed by atoms with Crippen molar-refractivity contribution in [3.05, 3.63) is 18.2 Å². The highest BCUT2D eigenvalue weighted by Gasteiger charge is 2.45. The van der Waals surface area contributed by atoms with E-state index >= 15 is 0 Å². The maximum atomic E-state index is 12.3. The number of imidazole rings is 1. The average molecular weight is 265 g/mol. The van der Waals surface area contributed by atoms with Crippen LogP contribution in [0.2, 0.25) is 0 Å². The number of amides is 1. The molecule has 0 aliphatic heterocycles. The van der Waals surface area contributed by atoms with Crippen molar-refractivity contribution in [1.82, 2.24) is 15.3 Å². The van der Waals surface area contributed by atoms with Gasteiger partial charge in [-0.3, -0.25) is 4.79 Å². The molecule has 0 aromatic carbocycles. The molecule has 7 nitrogen and oxygen atoms in total. The Labute approximate surface area is 111 Å². The van der Waals surface area contributed by atoms with Crippen LogP contribution in [0, 0.1) is 5.41 Å². The number of rotatable bonds is 5. The normalized spacial score (nSPS) is 18.4. The van der Waals surface area contributed by atoms with Gasteiger partial charge in [-0.25, -0.2) is 4.98 Å². The van der Waals surface area contributed by atoms with Crippen LogP contribution in [0.15, 0.2) is 17.5 Å². The minimum atomic E-state index is -0.835. The third kappa shape index (κ3) is 2.69. The molecular weight excluding hydrogens is 246 g/mol. The molecule has 1 aliphatic carbocycles. The van der Waals surface area contributed by atoms with Gasteiger partial charge in [0.2, 0.25) is 5.91 Å².